The van der Waals surface area contributed by atoms with Crippen LogP contribution >= 0.6 is 0 Å². The molecule has 3 fully saturated rings. The smallest absolute Gasteiger partial charge is 0.306 e. The van der Waals surface area contributed by atoms with Gasteiger partial charge in [0.15, 0.2) is 0 Å². The predicted octanol–water partition coefficient (Wildman–Crippen LogP) is 2.14. The Labute approximate surface area is 80.3 Å². The van der Waals surface area contributed by atoms with E-state index in [0.29, 0.717) is 0 Å². The molecule has 0 radical (unpaired) electrons. The Kier molecular flexibility index (Phi) is 1.31. The van der Waals surface area contributed by atoms with Gasteiger partial charge >= 0.3 is 5.97 Å². The number of hydrogen-bond acceptors (Lipinski definition) is 1. The van der Waals surface area contributed by atoms with Crippen LogP contribution in [0.4, 0.5) is 8.78 Å². The maximum absolute atomic E-state index is 13.4. The van der Waals surface area contributed by atoms with E-state index in [4.69, 9.17) is 5.11 Å². The minimum absolute atomic E-state index is 0.194. The summed E-state index contributed by atoms with van der Waals surface area (Å²) in [6.45, 7) is 0. The minimum atomic E-state index is -2.56. The fraction of sp³-hybridized carbons (Fsp3) is 0.900. The van der Waals surface area contributed by atoms with Crippen molar-refractivity contribution in [2.24, 2.45) is 23.2 Å². The minimum Gasteiger partial charge on any atom is -0.481 e. The van der Waals surface area contributed by atoms with Gasteiger partial charge in [-0.15, -0.1) is 0 Å². The lowest BCUT2D eigenvalue weighted by Gasteiger charge is -2.33. The SMILES string of the molecule is O=C(O)C1CC2(C1)C(C1CC1)C2(F)F. The van der Waals surface area contributed by atoms with Crippen LogP contribution in [0, 0.1) is 23.2 Å². The molecule has 0 amide bonds. The number of rotatable bonds is 2. The number of carbonyl (C=O) groups is 1. The molecule has 0 aromatic rings. The van der Waals surface area contributed by atoms with E-state index >= 15 is 0 Å². The van der Waals surface area contributed by atoms with E-state index in [1.807, 2.05) is 0 Å². The maximum atomic E-state index is 13.4. The number of alkyl halides is 2. The molecule has 14 heavy (non-hydrogen) atoms. The third-order valence-electron chi connectivity index (χ3n) is 4.23. The highest BCUT2D eigenvalue weighted by molar-refractivity contribution is 5.72. The van der Waals surface area contributed by atoms with Crippen molar-refractivity contribution in [2.45, 2.75) is 31.6 Å². The third-order valence-corrected chi connectivity index (χ3v) is 4.23. The van der Waals surface area contributed by atoms with Gasteiger partial charge in [0.1, 0.15) is 0 Å². The fourth-order valence-corrected chi connectivity index (χ4v) is 3.24. The first-order valence-corrected chi connectivity index (χ1v) is 5.10. The van der Waals surface area contributed by atoms with Crippen LogP contribution < -0.4 is 0 Å². The lowest BCUT2D eigenvalue weighted by atomic mass is 9.69. The number of aliphatic carboxylic acids is 1. The lowest BCUT2D eigenvalue weighted by molar-refractivity contribution is -0.149. The molecule has 78 valence electrons. The molecule has 3 aliphatic carbocycles. The standard InChI is InChI=1S/C10H12F2O2/c11-10(12)7(5-1-2-5)9(10)3-6(4-9)8(13)14/h5-7H,1-4H2,(H,13,14). The number of halogens is 2. The first-order chi connectivity index (χ1) is 6.49. The van der Waals surface area contributed by atoms with Crippen LogP contribution in [-0.2, 0) is 4.79 Å². The largest absolute Gasteiger partial charge is 0.481 e. The van der Waals surface area contributed by atoms with Crippen molar-refractivity contribution in [2.75, 3.05) is 0 Å². The predicted molar refractivity (Wildman–Crippen MR) is 44.0 cm³/mol. The molecule has 1 N–H and O–H groups in total. The van der Waals surface area contributed by atoms with Gasteiger partial charge in [0, 0.05) is 11.3 Å². The zero-order valence-electron chi connectivity index (χ0n) is 7.67. The highest BCUT2D eigenvalue weighted by Gasteiger charge is 2.86. The first-order valence-electron chi connectivity index (χ1n) is 5.10. The van der Waals surface area contributed by atoms with Gasteiger partial charge in [-0.3, -0.25) is 4.79 Å². The van der Waals surface area contributed by atoms with Gasteiger partial charge < -0.3 is 5.11 Å². The summed E-state index contributed by atoms with van der Waals surface area (Å²) in [6, 6.07) is 0. The van der Waals surface area contributed by atoms with Crippen molar-refractivity contribution in [3.8, 4) is 0 Å². The highest BCUT2D eigenvalue weighted by Crippen LogP contribution is 2.81. The molecule has 4 heteroatoms. The summed E-state index contributed by atoms with van der Waals surface area (Å²) in [7, 11) is 0. The van der Waals surface area contributed by atoms with Gasteiger partial charge in [-0.25, -0.2) is 8.78 Å². The van der Waals surface area contributed by atoms with Gasteiger partial charge in [0.25, 0.3) is 5.92 Å². The topological polar surface area (TPSA) is 37.3 Å². The van der Waals surface area contributed by atoms with Gasteiger partial charge in [-0.2, -0.15) is 0 Å². The van der Waals surface area contributed by atoms with Crippen molar-refractivity contribution in [3.05, 3.63) is 0 Å². The van der Waals surface area contributed by atoms with Crippen LogP contribution in [0.5, 0.6) is 0 Å². The van der Waals surface area contributed by atoms with Crippen LogP contribution in [-0.4, -0.2) is 17.0 Å². The average molecular weight is 202 g/mol. The van der Waals surface area contributed by atoms with Crippen LogP contribution in [0.1, 0.15) is 25.7 Å². The van der Waals surface area contributed by atoms with Crippen molar-refractivity contribution < 1.29 is 18.7 Å². The second kappa shape index (κ2) is 2.12. The summed E-state index contributed by atoms with van der Waals surface area (Å²) in [6.07, 6.45) is 2.24. The molecule has 0 bridgehead atoms. The molecule has 0 saturated heterocycles. The van der Waals surface area contributed by atoms with Gasteiger partial charge in [0.05, 0.1) is 5.92 Å². The molecule has 1 spiro atoms. The molecule has 1 atom stereocenters. The Morgan fingerprint density at radius 1 is 1.29 bits per heavy atom. The summed E-state index contributed by atoms with van der Waals surface area (Å²) < 4.78 is 26.9. The van der Waals surface area contributed by atoms with Crippen LogP contribution in [0.2, 0.25) is 0 Å². The summed E-state index contributed by atoms with van der Waals surface area (Å²) in [4.78, 5) is 10.6. The molecule has 1 unspecified atom stereocenters. The number of carboxylic acid groups (broad SMARTS) is 1. The van der Waals surface area contributed by atoms with Crippen molar-refractivity contribution in [1.82, 2.24) is 0 Å². The average Bonchev–Trinajstić information content (AvgIpc) is 2.79. The van der Waals surface area contributed by atoms with Crippen LogP contribution in [0.25, 0.3) is 0 Å². The molecule has 0 aliphatic heterocycles. The Bertz CT molecular complexity index is 303. The summed E-state index contributed by atoms with van der Waals surface area (Å²) in [5, 5.41) is 8.66. The van der Waals surface area contributed by atoms with E-state index in [-0.39, 0.29) is 18.8 Å². The second-order valence-electron chi connectivity index (χ2n) is 5.04. The molecule has 3 saturated carbocycles. The molecule has 3 rings (SSSR count). The Balaban J connectivity index is 1.73. The molecule has 0 aromatic carbocycles. The molecular weight excluding hydrogens is 190 g/mol. The van der Waals surface area contributed by atoms with Crippen LogP contribution in [0.3, 0.4) is 0 Å². The van der Waals surface area contributed by atoms with Crippen molar-refractivity contribution in [3.63, 3.8) is 0 Å². The van der Waals surface area contributed by atoms with Crippen molar-refractivity contribution >= 4 is 5.97 Å². The first kappa shape index (κ1) is 8.62. The summed E-state index contributed by atoms with van der Waals surface area (Å²) in [5.74, 6) is -4.26. The molecule has 0 aromatic heterocycles. The second-order valence-corrected chi connectivity index (χ2v) is 5.04. The van der Waals surface area contributed by atoms with E-state index in [1.165, 1.54) is 0 Å². The summed E-state index contributed by atoms with van der Waals surface area (Å²) in [5.41, 5.74) is -0.892. The Morgan fingerprint density at radius 2 is 1.86 bits per heavy atom. The van der Waals surface area contributed by atoms with Crippen molar-refractivity contribution in [1.29, 1.82) is 0 Å². The molecule has 2 nitrogen and oxygen atoms in total. The number of hydrogen-bond donors (Lipinski definition) is 1. The zero-order chi connectivity index (χ0) is 10.1. The van der Waals surface area contributed by atoms with E-state index < -0.39 is 29.1 Å². The number of carboxylic acids is 1. The molecular formula is C10H12F2O2. The lowest BCUT2D eigenvalue weighted by Crippen LogP contribution is -2.36. The normalized spacial score (nSPS) is 48.7. The maximum Gasteiger partial charge on any atom is 0.306 e. The monoisotopic (exact) mass is 202 g/mol. The van der Waals surface area contributed by atoms with E-state index in [1.54, 1.807) is 0 Å². The third kappa shape index (κ3) is 0.782. The van der Waals surface area contributed by atoms with E-state index in [9.17, 15) is 13.6 Å². The zero-order valence-corrected chi connectivity index (χ0v) is 7.67. The van der Waals surface area contributed by atoms with Gasteiger partial charge in [0.2, 0.25) is 0 Å². The van der Waals surface area contributed by atoms with E-state index in [0.717, 1.165) is 12.8 Å². The molecule has 3 aliphatic rings. The molecule has 0 heterocycles. The van der Waals surface area contributed by atoms with Gasteiger partial charge in [-0.05, 0) is 31.6 Å². The Morgan fingerprint density at radius 3 is 2.29 bits per heavy atom. The van der Waals surface area contributed by atoms with Crippen LogP contribution in [0.15, 0.2) is 0 Å². The van der Waals surface area contributed by atoms with Gasteiger partial charge in [-0.1, -0.05) is 0 Å². The quantitative estimate of drug-likeness (QED) is 0.744. The van der Waals surface area contributed by atoms with E-state index in [2.05, 4.69) is 0 Å². The highest BCUT2D eigenvalue weighted by atomic mass is 19.3. The fourth-order valence-electron chi connectivity index (χ4n) is 3.24. The Hall–Kier alpha value is -0.670. The summed E-state index contributed by atoms with van der Waals surface area (Å²) >= 11 is 0.